The number of benzene rings is 2. The van der Waals surface area contributed by atoms with Crippen LogP contribution in [-0.4, -0.2) is 32.9 Å². The fraction of sp³-hybridized carbons (Fsp3) is 0.350. The zero-order valence-electron chi connectivity index (χ0n) is 14.3. The Bertz CT molecular complexity index is 883. The highest BCUT2D eigenvalue weighted by Crippen LogP contribution is 2.34. The van der Waals surface area contributed by atoms with Crippen molar-refractivity contribution in [3.05, 3.63) is 64.8 Å². The van der Waals surface area contributed by atoms with Crippen LogP contribution in [0.25, 0.3) is 10.9 Å². The summed E-state index contributed by atoms with van der Waals surface area (Å²) in [7, 11) is 1.95. The number of aromatic nitrogens is 2. The van der Waals surface area contributed by atoms with Crippen LogP contribution < -0.4 is 0 Å². The second-order valence-corrected chi connectivity index (χ2v) is 7.29. The second-order valence-electron chi connectivity index (χ2n) is 6.88. The van der Waals surface area contributed by atoms with E-state index >= 15 is 0 Å². The summed E-state index contributed by atoms with van der Waals surface area (Å²) in [6.45, 7) is 2.44. The van der Waals surface area contributed by atoms with Gasteiger partial charge in [0.15, 0.2) is 0 Å². The molecule has 130 valence electrons. The number of aliphatic hydroxyl groups is 1. The quantitative estimate of drug-likeness (QED) is 0.778. The maximum atomic E-state index is 11.0. The third-order valence-electron chi connectivity index (χ3n) is 5.27. The van der Waals surface area contributed by atoms with Crippen molar-refractivity contribution in [2.45, 2.75) is 25.0 Å². The van der Waals surface area contributed by atoms with Crippen LogP contribution in [-0.2, 0) is 19.2 Å². The fourth-order valence-corrected chi connectivity index (χ4v) is 4.07. The van der Waals surface area contributed by atoms with Crippen LogP contribution in [0.5, 0.6) is 0 Å². The number of likely N-dealkylation sites (tertiary alicyclic amines) is 1. The van der Waals surface area contributed by atoms with Gasteiger partial charge < -0.3 is 5.11 Å². The summed E-state index contributed by atoms with van der Waals surface area (Å²) in [5.74, 6) is 0. The lowest BCUT2D eigenvalue weighted by molar-refractivity contribution is -0.0279. The average molecular weight is 356 g/mol. The minimum atomic E-state index is -0.721. The first-order valence-corrected chi connectivity index (χ1v) is 9.05. The molecule has 0 atom stereocenters. The number of halogens is 1. The Morgan fingerprint density at radius 2 is 1.80 bits per heavy atom. The molecule has 0 saturated carbocycles. The lowest BCUT2D eigenvalue weighted by atomic mass is 9.84. The minimum Gasteiger partial charge on any atom is -0.385 e. The Morgan fingerprint density at radius 3 is 2.52 bits per heavy atom. The van der Waals surface area contributed by atoms with Gasteiger partial charge in [0, 0.05) is 32.1 Å². The molecule has 0 bridgehead atoms. The van der Waals surface area contributed by atoms with Gasteiger partial charge in [-0.1, -0.05) is 48.0 Å². The van der Waals surface area contributed by atoms with Gasteiger partial charge in [-0.3, -0.25) is 9.58 Å². The molecule has 5 heteroatoms. The van der Waals surface area contributed by atoms with Crippen molar-refractivity contribution in [3.63, 3.8) is 0 Å². The van der Waals surface area contributed by atoms with Gasteiger partial charge in [-0.05, 0) is 30.5 Å². The predicted octanol–water partition coefficient (Wildman–Crippen LogP) is 3.71. The number of fused-ring (bicyclic) bond motifs is 1. The van der Waals surface area contributed by atoms with E-state index in [1.807, 2.05) is 60.3 Å². The van der Waals surface area contributed by atoms with Crippen LogP contribution in [0.3, 0.4) is 0 Å². The van der Waals surface area contributed by atoms with E-state index in [-0.39, 0.29) is 0 Å². The first-order chi connectivity index (χ1) is 12.1. The van der Waals surface area contributed by atoms with Crippen molar-refractivity contribution in [1.82, 2.24) is 14.7 Å². The monoisotopic (exact) mass is 355 g/mol. The van der Waals surface area contributed by atoms with Crippen molar-refractivity contribution >= 4 is 22.5 Å². The molecule has 0 amide bonds. The highest BCUT2D eigenvalue weighted by atomic mass is 35.5. The van der Waals surface area contributed by atoms with Crippen molar-refractivity contribution in [1.29, 1.82) is 0 Å². The third kappa shape index (κ3) is 3.06. The van der Waals surface area contributed by atoms with E-state index in [4.69, 9.17) is 11.6 Å². The van der Waals surface area contributed by atoms with Crippen LogP contribution in [0.2, 0.25) is 5.02 Å². The Balaban J connectivity index is 1.51. The zero-order valence-corrected chi connectivity index (χ0v) is 15.1. The van der Waals surface area contributed by atoms with Crippen molar-refractivity contribution in [3.8, 4) is 0 Å². The summed E-state index contributed by atoms with van der Waals surface area (Å²) in [5.41, 5.74) is 2.36. The average Bonchev–Trinajstić information content (AvgIpc) is 2.95. The van der Waals surface area contributed by atoms with Gasteiger partial charge in [-0.25, -0.2) is 0 Å². The maximum absolute atomic E-state index is 11.0. The van der Waals surface area contributed by atoms with E-state index in [0.29, 0.717) is 0 Å². The second kappa shape index (κ2) is 6.45. The van der Waals surface area contributed by atoms with E-state index in [1.165, 1.54) is 0 Å². The van der Waals surface area contributed by atoms with Gasteiger partial charge in [-0.2, -0.15) is 5.10 Å². The molecule has 0 aliphatic carbocycles. The van der Waals surface area contributed by atoms with Crippen LogP contribution in [0.4, 0.5) is 0 Å². The van der Waals surface area contributed by atoms with Gasteiger partial charge in [0.2, 0.25) is 0 Å². The molecule has 2 aromatic carbocycles. The Kier molecular flexibility index (Phi) is 4.28. The van der Waals surface area contributed by atoms with Gasteiger partial charge in [0.05, 0.1) is 21.8 Å². The predicted molar refractivity (Wildman–Crippen MR) is 101 cm³/mol. The van der Waals surface area contributed by atoms with Crippen molar-refractivity contribution in [2.75, 3.05) is 13.1 Å². The van der Waals surface area contributed by atoms with Gasteiger partial charge in [0.1, 0.15) is 0 Å². The van der Waals surface area contributed by atoms with E-state index < -0.39 is 5.60 Å². The molecule has 3 aromatic rings. The molecule has 1 aromatic heterocycles. The molecule has 1 saturated heterocycles. The molecule has 4 nitrogen and oxygen atoms in total. The smallest absolute Gasteiger partial charge is 0.0920 e. The normalized spacial score (nSPS) is 17.9. The summed E-state index contributed by atoms with van der Waals surface area (Å²) >= 11 is 6.41. The molecular weight excluding hydrogens is 334 g/mol. The topological polar surface area (TPSA) is 41.3 Å². The molecule has 4 rings (SSSR count). The van der Waals surface area contributed by atoms with Crippen LogP contribution in [0, 0.1) is 0 Å². The molecule has 0 spiro atoms. The van der Waals surface area contributed by atoms with Crippen LogP contribution in [0.15, 0.2) is 48.5 Å². The van der Waals surface area contributed by atoms with Crippen LogP contribution >= 0.6 is 11.6 Å². The molecule has 1 fully saturated rings. The number of rotatable bonds is 3. The lowest BCUT2D eigenvalue weighted by Gasteiger charge is -2.38. The van der Waals surface area contributed by atoms with E-state index in [0.717, 1.165) is 59.7 Å². The molecule has 1 N–H and O–H groups in total. The summed E-state index contributed by atoms with van der Waals surface area (Å²) in [4.78, 5) is 2.35. The number of hydrogen-bond acceptors (Lipinski definition) is 3. The molecule has 25 heavy (non-hydrogen) atoms. The number of hydrogen-bond donors (Lipinski definition) is 1. The van der Waals surface area contributed by atoms with E-state index in [1.54, 1.807) is 0 Å². The molecular formula is C20H22ClN3O. The van der Waals surface area contributed by atoms with Gasteiger partial charge in [-0.15, -0.1) is 0 Å². The van der Waals surface area contributed by atoms with Crippen LogP contribution in [0.1, 0.15) is 24.1 Å². The first kappa shape index (κ1) is 16.6. The molecule has 0 radical (unpaired) electrons. The van der Waals surface area contributed by atoms with Crippen molar-refractivity contribution in [2.24, 2.45) is 7.05 Å². The number of nitrogens with zero attached hydrogens (tertiary/aromatic N) is 3. The number of piperidine rings is 1. The third-order valence-corrected chi connectivity index (χ3v) is 5.58. The SMILES string of the molecule is Cn1nc(CN2CCC(O)(c3ccccc3)CC2)c2c(Cl)cccc21. The largest absolute Gasteiger partial charge is 0.385 e. The Labute approximate surface area is 152 Å². The lowest BCUT2D eigenvalue weighted by Crippen LogP contribution is -2.42. The summed E-state index contributed by atoms with van der Waals surface area (Å²) in [6, 6.07) is 15.9. The standard InChI is InChI=1S/C20H22ClN3O/c1-23-18-9-5-8-16(21)19(18)17(22-23)14-24-12-10-20(25,11-13-24)15-6-3-2-4-7-15/h2-9,25H,10-14H2,1H3. The fourth-order valence-electron chi connectivity index (χ4n) is 3.79. The Hall–Kier alpha value is -1.88. The molecule has 1 aliphatic rings. The molecule has 0 unspecified atom stereocenters. The van der Waals surface area contributed by atoms with E-state index in [2.05, 4.69) is 10.00 Å². The molecule has 2 heterocycles. The summed E-state index contributed by atoms with van der Waals surface area (Å²) in [5, 5.41) is 17.4. The Morgan fingerprint density at radius 1 is 1.08 bits per heavy atom. The minimum absolute atomic E-state index is 0.721. The van der Waals surface area contributed by atoms with Crippen molar-refractivity contribution < 1.29 is 5.11 Å². The highest BCUT2D eigenvalue weighted by molar-refractivity contribution is 6.35. The highest BCUT2D eigenvalue weighted by Gasteiger charge is 2.34. The summed E-state index contributed by atoms with van der Waals surface area (Å²) < 4.78 is 1.89. The first-order valence-electron chi connectivity index (χ1n) is 8.67. The zero-order chi connectivity index (χ0) is 17.4. The van der Waals surface area contributed by atoms with Gasteiger partial charge in [0.25, 0.3) is 0 Å². The van der Waals surface area contributed by atoms with E-state index in [9.17, 15) is 5.11 Å². The molecule has 1 aliphatic heterocycles. The number of aryl methyl sites for hydroxylation is 1. The van der Waals surface area contributed by atoms with Gasteiger partial charge >= 0.3 is 0 Å². The summed E-state index contributed by atoms with van der Waals surface area (Å²) in [6.07, 6.45) is 1.46. The maximum Gasteiger partial charge on any atom is 0.0920 e.